The molecular formula is C19H24N6O3S. The van der Waals surface area contributed by atoms with Crippen molar-refractivity contribution in [1.29, 1.82) is 0 Å². The first kappa shape index (κ1) is 19.7. The molecule has 0 amide bonds. The molecule has 1 N–H and O–H groups in total. The summed E-state index contributed by atoms with van der Waals surface area (Å²) in [4.78, 5) is 20.0. The predicted molar refractivity (Wildman–Crippen MR) is 109 cm³/mol. The van der Waals surface area contributed by atoms with Crippen molar-refractivity contribution >= 4 is 21.2 Å². The molecule has 0 spiro atoms. The average molecular weight is 417 g/mol. The lowest BCUT2D eigenvalue weighted by atomic mass is 9.97. The van der Waals surface area contributed by atoms with Gasteiger partial charge in [-0.05, 0) is 32.3 Å². The van der Waals surface area contributed by atoms with Gasteiger partial charge < -0.3 is 4.98 Å². The summed E-state index contributed by atoms with van der Waals surface area (Å²) in [6.07, 6.45) is 1.24. The summed E-state index contributed by atoms with van der Waals surface area (Å²) in [5.41, 5.74) is 2.57. The van der Waals surface area contributed by atoms with Gasteiger partial charge in [0.25, 0.3) is 5.56 Å². The molecule has 1 saturated heterocycles. The Hall–Kier alpha value is -2.59. The minimum atomic E-state index is -3.19. The van der Waals surface area contributed by atoms with Crippen LogP contribution in [-0.2, 0) is 16.6 Å². The van der Waals surface area contributed by atoms with Crippen LogP contribution in [0, 0.1) is 6.92 Å². The van der Waals surface area contributed by atoms with Gasteiger partial charge in [-0.2, -0.15) is 0 Å². The number of hydrogen-bond acceptors (Lipinski definition) is 6. The van der Waals surface area contributed by atoms with Crippen molar-refractivity contribution in [3.8, 4) is 0 Å². The van der Waals surface area contributed by atoms with Crippen LogP contribution >= 0.6 is 0 Å². The van der Waals surface area contributed by atoms with Crippen molar-refractivity contribution < 1.29 is 8.42 Å². The summed E-state index contributed by atoms with van der Waals surface area (Å²) in [6.45, 7) is 5.02. The molecule has 9 nitrogen and oxygen atoms in total. The van der Waals surface area contributed by atoms with Gasteiger partial charge in [-0.3, -0.25) is 4.79 Å². The molecule has 0 unspecified atom stereocenters. The van der Waals surface area contributed by atoms with E-state index in [1.54, 1.807) is 11.6 Å². The van der Waals surface area contributed by atoms with Crippen LogP contribution in [0.15, 0.2) is 29.1 Å². The van der Waals surface area contributed by atoms with E-state index in [2.05, 4.69) is 20.3 Å². The molecule has 2 aromatic heterocycles. The number of aromatic amines is 1. The standard InChI is InChI=1S/C19H24N6O3S/c1-3-29(27,28)24-10-8-15(9-11-24)17-20-18-16(19(26)21-17)22-23-25(18)12-14-6-4-13(2)5-7-14/h4-7,15H,3,8-12H2,1-2H3,(H,20,21,26). The van der Waals surface area contributed by atoms with Crippen molar-refractivity contribution in [2.75, 3.05) is 18.8 Å². The topological polar surface area (TPSA) is 114 Å². The van der Waals surface area contributed by atoms with Gasteiger partial charge in [-0.25, -0.2) is 22.4 Å². The van der Waals surface area contributed by atoms with Gasteiger partial charge in [-0.15, -0.1) is 5.10 Å². The van der Waals surface area contributed by atoms with Crippen LogP contribution < -0.4 is 5.56 Å². The number of H-pyrrole nitrogens is 1. The Labute approximate surface area is 168 Å². The normalized spacial score (nSPS) is 16.5. The number of aromatic nitrogens is 5. The third-order valence-electron chi connectivity index (χ3n) is 5.44. The molecule has 0 radical (unpaired) electrons. The smallest absolute Gasteiger partial charge is 0.281 e. The van der Waals surface area contributed by atoms with Gasteiger partial charge >= 0.3 is 0 Å². The Morgan fingerprint density at radius 1 is 1.17 bits per heavy atom. The molecule has 3 heterocycles. The Kier molecular flexibility index (Phi) is 5.22. The number of piperidine rings is 1. The number of nitrogens with zero attached hydrogens (tertiary/aromatic N) is 5. The monoisotopic (exact) mass is 416 g/mol. The highest BCUT2D eigenvalue weighted by Gasteiger charge is 2.29. The van der Waals surface area contributed by atoms with E-state index < -0.39 is 10.0 Å². The third-order valence-corrected chi connectivity index (χ3v) is 7.33. The SMILES string of the molecule is CCS(=O)(=O)N1CCC(c2nc3c(nnn3Cc3ccc(C)cc3)c(=O)[nH]2)CC1. The molecule has 0 atom stereocenters. The van der Waals surface area contributed by atoms with E-state index in [9.17, 15) is 13.2 Å². The molecule has 1 aliphatic rings. The van der Waals surface area contributed by atoms with Crippen LogP contribution in [0.2, 0.25) is 0 Å². The van der Waals surface area contributed by atoms with Gasteiger partial charge in [0.15, 0.2) is 11.2 Å². The second-order valence-electron chi connectivity index (χ2n) is 7.43. The van der Waals surface area contributed by atoms with Gasteiger partial charge in [-0.1, -0.05) is 35.0 Å². The Bertz CT molecular complexity index is 1170. The molecule has 1 fully saturated rings. The molecule has 0 saturated carbocycles. The average Bonchev–Trinajstić information content (AvgIpc) is 3.13. The quantitative estimate of drug-likeness (QED) is 0.672. The van der Waals surface area contributed by atoms with Gasteiger partial charge in [0.05, 0.1) is 12.3 Å². The fraction of sp³-hybridized carbons (Fsp3) is 0.474. The van der Waals surface area contributed by atoms with Crippen LogP contribution in [0.1, 0.15) is 42.6 Å². The maximum atomic E-state index is 12.5. The van der Waals surface area contributed by atoms with Crippen LogP contribution in [0.5, 0.6) is 0 Å². The molecule has 154 valence electrons. The Morgan fingerprint density at radius 2 is 1.86 bits per heavy atom. The maximum absolute atomic E-state index is 12.5. The fourth-order valence-corrected chi connectivity index (χ4v) is 4.77. The largest absolute Gasteiger partial charge is 0.308 e. The van der Waals surface area contributed by atoms with Crippen molar-refractivity contribution in [2.24, 2.45) is 0 Å². The van der Waals surface area contributed by atoms with Gasteiger partial charge in [0.1, 0.15) is 5.82 Å². The van der Waals surface area contributed by atoms with Gasteiger partial charge in [0.2, 0.25) is 10.0 Å². The maximum Gasteiger partial charge on any atom is 0.281 e. The lowest BCUT2D eigenvalue weighted by molar-refractivity contribution is 0.314. The zero-order valence-corrected chi connectivity index (χ0v) is 17.3. The third kappa shape index (κ3) is 3.95. The van der Waals surface area contributed by atoms with Crippen LogP contribution in [0.3, 0.4) is 0 Å². The first-order chi connectivity index (χ1) is 13.9. The van der Waals surface area contributed by atoms with Gasteiger partial charge in [0, 0.05) is 19.0 Å². The molecule has 10 heteroatoms. The lowest BCUT2D eigenvalue weighted by Crippen LogP contribution is -2.39. The van der Waals surface area contributed by atoms with Crippen LogP contribution in [-0.4, -0.2) is 56.5 Å². The summed E-state index contributed by atoms with van der Waals surface area (Å²) in [7, 11) is -3.19. The summed E-state index contributed by atoms with van der Waals surface area (Å²) in [5.74, 6) is 0.671. The Morgan fingerprint density at radius 3 is 2.52 bits per heavy atom. The highest BCUT2D eigenvalue weighted by Crippen LogP contribution is 2.27. The predicted octanol–water partition coefficient (Wildman–Crippen LogP) is 1.40. The second kappa shape index (κ2) is 7.68. The summed E-state index contributed by atoms with van der Waals surface area (Å²) < 4.78 is 27.3. The molecule has 4 rings (SSSR count). The highest BCUT2D eigenvalue weighted by molar-refractivity contribution is 7.89. The van der Waals surface area contributed by atoms with Crippen molar-refractivity contribution in [1.82, 2.24) is 29.3 Å². The van der Waals surface area contributed by atoms with Crippen molar-refractivity contribution in [3.05, 3.63) is 51.6 Å². The molecule has 29 heavy (non-hydrogen) atoms. The minimum absolute atomic E-state index is 0.00173. The lowest BCUT2D eigenvalue weighted by Gasteiger charge is -2.30. The summed E-state index contributed by atoms with van der Waals surface area (Å²) in [5, 5.41) is 8.10. The van der Waals surface area contributed by atoms with E-state index in [1.165, 1.54) is 9.87 Å². The van der Waals surface area contributed by atoms with E-state index in [4.69, 9.17) is 0 Å². The van der Waals surface area contributed by atoms with E-state index in [0.29, 0.717) is 43.9 Å². The highest BCUT2D eigenvalue weighted by atomic mass is 32.2. The number of sulfonamides is 1. The molecule has 1 aromatic carbocycles. The summed E-state index contributed by atoms with van der Waals surface area (Å²) in [6, 6.07) is 8.08. The van der Waals surface area contributed by atoms with E-state index in [0.717, 1.165) is 5.56 Å². The summed E-state index contributed by atoms with van der Waals surface area (Å²) >= 11 is 0. The number of rotatable bonds is 5. The van der Waals surface area contributed by atoms with E-state index in [-0.39, 0.29) is 22.7 Å². The fourth-order valence-electron chi connectivity index (χ4n) is 3.64. The zero-order valence-electron chi connectivity index (χ0n) is 16.5. The second-order valence-corrected chi connectivity index (χ2v) is 9.69. The zero-order chi connectivity index (χ0) is 20.6. The molecule has 0 aliphatic carbocycles. The first-order valence-electron chi connectivity index (χ1n) is 9.74. The minimum Gasteiger partial charge on any atom is -0.308 e. The Balaban J connectivity index is 1.60. The molecule has 0 bridgehead atoms. The van der Waals surface area contributed by atoms with E-state index in [1.807, 2.05) is 31.2 Å². The molecule has 1 aliphatic heterocycles. The van der Waals surface area contributed by atoms with Crippen molar-refractivity contribution in [3.63, 3.8) is 0 Å². The van der Waals surface area contributed by atoms with Crippen LogP contribution in [0.4, 0.5) is 0 Å². The first-order valence-corrected chi connectivity index (χ1v) is 11.3. The number of hydrogen-bond donors (Lipinski definition) is 1. The van der Waals surface area contributed by atoms with E-state index >= 15 is 0 Å². The van der Waals surface area contributed by atoms with Crippen molar-refractivity contribution in [2.45, 2.75) is 39.2 Å². The number of nitrogens with one attached hydrogen (secondary N) is 1. The number of aryl methyl sites for hydroxylation is 1. The number of benzene rings is 1. The number of fused-ring (bicyclic) bond motifs is 1. The molecule has 3 aromatic rings. The molecular weight excluding hydrogens is 392 g/mol. The van der Waals surface area contributed by atoms with Crippen LogP contribution in [0.25, 0.3) is 11.2 Å².